The Labute approximate surface area is 136 Å². The van der Waals surface area contributed by atoms with Gasteiger partial charge in [-0.05, 0) is 31.9 Å². The predicted octanol–water partition coefficient (Wildman–Crippen LogP) is 4.31. The van der Waals surface area contributed by atoms with Crippen LogP contribution >= 0.6 is 11.3 Å². The lowest BCUT2D eigenvalue weighted by atomic mass is 9.98. The van der Waals surface area contributed by atoms with Crippen LogP contribution in [0.15, 0.2) is 34.1 Å². The molecule has 1 atom stereocenters. The first-order valence-corrected chi connectivity index (χ1v) is 8.28. The molecule has 0 amide bonds. The summed E-state index contributed by atoms with van der Waals surface area (Å²) in [5.41, 5.74) is 2.52. The van der Waals surface area contributed by atoms with E-state index in [-0.39, 0.29) is 6.04 Å². The summed E-state index contributed by atoms with van der Waals surface area (Å²) >= 11 is 1.52. The largest absolute Gasteiger partial charge is 0.440 e. The number of rotatable bonds is 3. The molecule has 0 spiro atoms. The van der Waals surface area contributed by atoms with Gasteiger partial charge in [-0.25, -0.2) is 9.97 Å². The van der Waals surface area contributed by atoms with Gasteiger partial charge in [-0.15, -0.1) is 11.3 Å². The van der Waals surface area contributed by atoms with E-state index < -0.39 is 0 Å². The zero-order valence-corrected chi connectivity index (χ0v) is 13.3. The van der Waals surface area contributed by atoms with Gasteiger partial charge in [-0.3, -0.25) is 4.98 Å². The molecular weight excluding hydrogens is 312 g/mol. The Morgan fingerprint density at radius 1 is 1.39 bits per heavy atom. The lowest BCUT2D eigenvalue weighted by Crippen LogP contribution is -2.05. The van der Waals surface area contributed by atoms with E-state index in [9.17, 15) is 4.91 Å². The highest BCUT2D eigenvalue weighted by atomic mass is 32.1. The van der Waals surface area contributed by atoms with Crippen molar-refractivity contribution in [2.24, 2.45) is 5.18 Å². The highest BCUT2D eigenvalue weighted by Gasteiger charge is 2.28. The van der Waals surface area contributed by atoms with Crippen LogP contribution in [0.5, 0.6) is 0 Å². The van der Waals surface area contributed by atoms with Crippen LogP contribution < -0.4 is 0 Å². The number of aromatic nitrogens is 3. The maximum Gasteiger partial charge on any atom is 0.238 e. The Bertz CT molecular complexity index is 856. The van der Waals surface area contributed by atoms with Gasteiger partial charge >= 0.3 is 0 Å². The molecule has 0 saturated heterocycles. The molecule has 3 aromatic heterocycles. The van der Waals surface area contributed by atoms with E-state index in [4.69, 9.17) is 4.42 Å². The molecule has 1 unspecified atom stereocenters. The van der Waals surface area contributed by atoms with E-state index in [1.807, 2.05) is 19.1 Å². The fourth-order valence-electron chi connectivity index (χ4n) is 2.80. The number of oxazole rings is 1. The van der Waals surface area contributed by atoms with Gasteiger partial charge in [0.25, 0.3) is 0 Å². The van der Waals surface area contributed by atoms with Crippen molar-refractivity contribution in [1.82, 2.24) is 15.0 Å². The van der Waals surface area contributed by atoms with Gasteiger partial charge in [0.05, 0.1) is 5.69 Å². The zero-order valence-electron chi connectivity index (χ0n) is 12.5. The van der Waals surface area contributed by atoms with Gasteiger partial charge in [-0.2, -0.15) is 4.91 Å². The van der Waals surface area contributed by atoms with Crippen molar-refractivity contribution >= 4 is 11.3 Å². The summed E-state index contributed by atoms with van der Waals surface area (Å²) in [7, 11) is 0. The van der Waals surface area contributed by atoms with E-state index in [1.54, 1.807) is 12.4 Å². The average molecular weight is 326 g/mol. The van der Waals surface area contributed by atoms with E-state index in [1.165, 1.54) is 11.3 Å². The Balaban J connectivity index is 1.76. The van der Waals surface area contributed by atoms with Gasteiger partial charge in [0.15, 0.2) is 0 Å². The molecule has 23 heavy (non-hydrogen) atoms. The number of aryl methyl sites for hydroxylation is 2. The third-order valence-electron chi connectivity index (χ3n) is 3.95. The van der Waals surface area contributed by atoms with Crippen molar-refractivity contribution in [2.45, 2.75) is 32.2 Å². The maximum atomic E-state index is 11.0. The number of hydrogen-bond donors (Lipinski definition) is 0. The molecule has 0 aliphatic heterocycles. The molecule has 0 bridgehead atoms. The van der Waals surface area contributed by atoms with E-state index in [0.29, 0.717) is 11.6 Å². The molecule has 0 fully saturated rings. The van der Waals surface area contributed by atoms with Crippen LogP contribution in [-0.4, -0.2) is 15.0 Å². The first-order chi connectivity index (χ1) is 11.3. The Kier molecular flexibility index (Phi) is 3.49. The van der Waals surface area contributed by atoms with Gasteiger partial charge in [-0.1, -0.05) is 5.18 Å². The minimum atomic E-state index is -0.387. The molecule has 3 heterocycles. The third kappa shape index (κ3) is 2.46. The quantitative estimate of drug-likeness (QED) is 0.670. The second-order valence-electron chi connectivity index (χ2n) is 5.52. The molecule has 0 N–H and O–H groups in total. The molecule has 0 radical (unpaired) electrons. The normalized spacial score (nSPS) is 17.0. The SMILES string of the molecule is Cc1nc(-c2cccnc2)sc1-c1nc2c(o1)CCCC2N=O. The fraction of sp³-hybridized carbons (Fsp3) is 0.312. The Morgan fingerprint density at radius 3 is 3.09 bits per heavy atom. The lowest BCUT2D eigenvalue weighted by molar-refractivity contribution is 0.460. The van der Waals surface area contributed by atoms with Gasteiger partial charge < -0.3 is 4.42 Å². The summed E-state index contributed by atoms with van der Waals surface area (Å²) in [4.78, 5) is 25.1. The first kappa shape index (κ1) is 14.2. The number of nitroso groups, excluding NO2 is 1. The molecule has 0 aromatic carbocycles. The van der Waals surface area contributed by atoms with Crippen molar-refractivity contribution in [3.05, 3.63) is 46.6 Å². The summed E-state index contributed by atoms with van der Waals surface area (Å²) in [6.07, 6.45) is 5.97. The van der Waals surface area contributed by atoms with Crippen molar-refractivity contribution in [1.29, 1.82) is 0 Å². The number of hydrogen-bond acceptors (Lipinski definition) is 7. The van der Waals surface area contributed by atoms with Crippen LogP contribution in [0, 0.1) is 11.8 Å². The Morgan fingerprint density at radius 2 is 2.30 bits per heavy atom. The minimum absolute atomic E-state index is 0.387. The molecule has 0 saturated carbocycles. The standard InChI is InChI=1S/C16H14N4O2S/c1-9-14(23-16(18-9)10-4-3-7-17-8-10)15-19-13-11(20-21)5-2-6-12(13)22-15/h3-4,7-8,11H,2,5-6H2,1H3. The lowest BCUT2D eigenvalue weighted by Gasteiger charge is -2.12. The van der Waals surface area contributed by atoms with Crippen LogP contribution in [0.4, 0.5) is 0 Å². The van der Waals surface area contributed by atoms with Crippen LogP contribution in [0.3, 0.4) is 0 Å². The second-order valence-corrected chi connectivity index (χ2v) is 6.52. The van der Waals surface area contributed by atoms with Crippen molar-refractivity contribution < 1.29 is 4.42 Å². The molecule has 7 heteroatoms. The smallest absolute Gasteiger partial charge is 0.238 e. The van der Waals surface area contributed by atoms with Crippen molar-refractivity contribution in [2.75, 3.05) is 0 Å². The van der Waals surface area contributed by atoms with Crippen LogP contribution in [0.25, 0.3) is 21.3 Å². The average Bonchev–Trinajstić information content (AvgIpc) is 3.18. The predicted molar refractivity (Wildman–Crippen MR) is 87.1 cm³/mol. The summed E-state index contributed by atoms with van der Waals surface area (Å²) in [5, 5.41) is 4.06. The summed E-state index contributed by atoms with van der Waals surface area (Å²) < 4.78 is 5.90. The van der Waals surface area contributed by atoms with Crippen molar-refractivity contribution in [3.8, 4) is 21.3 Å². The summed E-state index contributed by atoms with van der Waals surface area (Å²) in [6.45, 7) is 1.93. The number of thiazole rings is 1. The van der Waals surface area contributed by atoms with E-state index >= 15 is 0 Å². The van der Waals surface area contributed by atoms with Crippen molar-refractivity contribution in [3.63, 3.8) is 0 Å². The second kappa shape index (κ2) is 5.66. The number of fused-ring (bicyclic) bond motifs is 1. The number of nitrogens with zero attached hydrogens (tertiary/aromatic N) is 4. The van der Waals surface area contributed by atoms with Crippen LogP contribution in [0.1, 0.15) is 36.0 Å². The molecule has 4 rings (SSSR count). The minimum Gasteiger partial charge on any atom is -0.440 e. The van der Waals surface area contributed by atoms with Gasteiger partial charge in [0.1, 0.15) is 27.4 Å². The molecule has 1 aliphatic rings. The third-order valence-corrected chi connectivity index (χ3v) is 5.15. The highest BCUT2D eigenvalue weighted by molar-refractivity contribution is 7.18. The molecule has 116 valence electrons. The molecule has 1 aliphatic carbocycles. The molecular formula is C16H14N4O2S. The molecule has 6 nitrogen and oxygen atoms in total. The van der Waals surface area contributed by atoms with E-state index in [0.717, 1.165) is 46.2 Å². The van der Waals surface area contributed by atoms with Gasteiger partial charge in [0.2, 0.25) is 5.89 Å². The van der Waals surface area contributed by atoms with E-state index in [2.05, 4.69) is 20.1 Å². The Hall–Kier alpha value is -2.41. The van der Waals surface area contributed by atoms with Crippen LogP contribution in [0.2, 0.25) is 0 Å². The van der Waals surface area contributed by atoms with Crippen LogP contribution in [-0.2, 0) is 6.42 Å². The first-order valence-electron chi connectivity index (χ1n) is 7.46. The molecule has 3 aromatic rings. The maximum absolute atomic E-state index is 11.0. The highest BCUT2D eigenvalue weighted by Crippen LogP contribution is 2.39. The summed E-state index contributed by atoms with van der Waals surface area (Å²) in [5.74, 6) is 1.32. The zero-order chi connectivity index (χ0) is 15.8. The van der Waals surface area contributed by atoms with Gasteiger partial charge in [0, 0.05) is 24.4 Å². The number of pyridine rings is 1. The summed E-state index contributed by atoms with van der Waals surface area (Å²) in [6, 6.07) is 3.47. The fourth-order valence-corrected chi connectivity index (χ4v) is 3.79. The topological polar surface area (TPSA) is 81.2 Å². The monoisotopic (exact) mass is 326 g/mol.